The molecule has 1 aliphatic rings. The highest BCUT2D eigenvalue weighted by Crippen LogP contribution is 2.35. The number of H-pyrrole nitrogens is 1. The van der Waals surface area contributed by atoms with E-state index in [1.807, 2.05) is 0 Å². The third kappa shape index (κ3) is 1.33. The van der Waals surface area contributed by atoms with Crippen LogP contribution in [0.5, 0.6) is 0 Å². The molecule has 0 amide bonds. The van der Waals surface area contributed by atoms with Crippen LogP contribution < -0.4 is 0 Å². The fraction of sp³-hybridized carbons (Fsp3) is 0.444. The van der Waals surface area contributed by atoms with Gasteiger partial charge in [0.2, 0.25) is 0 Å². The summed E-state index contributed by atoms with van der Waals surface area (Å²) in [7, 11) is 0. The summed E-state index contributed by atoms with van der Waals surface area (Å²) in [5.74, 6) is -1.12. The molecule has 0 bridgehead atoms. The van der Waals surface area contributed by atoms with Crippen molar-refractivity contribution in [1.29, 1.82) is 0 Å². The van der Waals surface area contributed by atoms with E-state index in [1.165, 1.54) is 0 Å². The number of rotatable bonds is 1. The average Bonchev–Trinajstić information content (AvgIpc) is 2.48. The normalized spacial score (nSPS) is 21.2. The number of hydrogen-bond acceptors (Lipinski definition) is 1. The van der Waals surface area contributed by atoms with Gasteiger partial charge in [0, 0.05) is 6.20 Å². The molecule has 1 aliphatic carbocycles. The highest BCUT2D eigenvalue weighted by molar-refractivity contribution is 6.30. The van der Waals surface area contributed by atoms with Gasteiger partial charge in [-0.25, -0.2) is 0 Å². The number of halogens is 1. The number of hydrogen-bond donors (Lipinski definition) is 2. The average molecular weight is 200 g/mol. The summed E-state index contributed by atoms with van der Waals surface area (Å²) >= 11 is 5.88. The van der Waals surface area contributed by atoms with Crippen LogP contribution in [-0.2, 0) is 11.2 Å². The second-order valence-corrected chi connectivity index (χ2v) is 3.70. The Hall–Kier alpha value is -0.960. The summed E-state index contributed by atoms with van der Waals surface area (Å²) in [6.45, 7) is 0. The minimum atomic E-state index is -0.753. The second-order valence-electron chi connectivity index (χ2n) is 3.32. The summed E-state index contributed by atoms with van der Waals surface area (Å²) in [5.41, 5.74) is 1.85. The van der Waals surface area contributed by atoms with Crippen molar-refractivity contribution in [2.45, 2.75) is 25.2 Å². The highest BCUT2D eigenvalue weighted by atomic mass is 35.5. The lowest BCUT2D eigenvalue weighted by molar-refractivity contribution is -0.139. The Kier molecular flexibility index (Phi) is 2.04. The Morgan fingerprint density at radius 1 is 1.69 bits per heavy atom. The van der Waals surface area contributed by atoms with E-state index in [0.29, 0.717) is 5.15 Å². The lowest BCUT2D eigenvalue weighted by Crippen LogP contribution is -2.16. The maximum Gasteiger partial charge on any atom is 0.311 e. The molecule has 1 atom stereocenters. The van der Waals surface area contributed by atoms with Crippen molar-refractivity contribution in [2.75, 3.05) is 0 Å². The SMILES string of the molecule is O=C(O)C1CCCc2c1c[nH]c2Cl. The van der Waals surface area contributed by atoms with Crippen LogP contribution in [0.2, 0.25) is 5.15 Å². The minimum absolute atomic E-state index is 0.368. The van der Waals surface area contributed by atoms with Gasteiger partial charge in [-0.1, -0.05) is 11.6 Å². The van der Waals surface area contributed by atoms with Crippen LogP contribution in [0.3, 0.4) is 0 Å². The minimum Gasteiger partial charge on any atom is -0.481 e. The van der Waals surface area contributed by atoms with E-state index in [9.17, 15) is 4.79 Å². The molecular formula is C9H10ClNO2. The summed E-state index contributed by atoms with van der Waals surface area (Å²) in [4.78, 5) is 13.7. The van der Waals surface area contributed by atoms with Crippen LogP contribution in [0.25, 0.3) is 0 Å². The van der Waals surface area contributed by atoms with Crippen molar-refractivity contribution in [3.05, 3.63) is 22.5 Å². The Bertz CT molecular complexity index is 345. The van der Waals surface area contributed by atoms with Crippen molar-refractivity contribution >= 4 is 17.6 Å². The maximum absolute atomic E-state index is 10.9. The first-order chi connectivity index (χ1) is 6.20. The van der Waals surface area contributed by atoms with E-state index in [-0.39, 0.29) is 5.92 Å². The smallest absolute Gasteiger partial charge is 0.311 e. The Morgan fingerprint density at radius 3 is 3.15 bits per heavy atom. The first-order valence-electron chi connectivity index (χ1n) is 4.28. The van der Waals surface area contributed by atoms with Crippen LogP contribution in [-0.4, -0.2) is 16.1 Å². The van der Waals surface area contributed by atoms with Gasteiger partial charge in [0.1, 0.15) is 5.15 Å². The molecule has 4 heteroatoms. The molecule has 13 heavy (non-hydrogen) atoms. The molecule has 3 nitrogen and oxygen atoms in total. The maximum atomic E-state index is 10.9. The lowest BCUT2D eigenvalue weighted by Gasteiger charge is -2.18. The molecular weight excluding hydrogens is 190 g/mol. The quantitative estimate of drug-likeness (QED) is 0.729. The highest BCUT2D eigenvalue weighted by Gasteiger charge is 2.28. The molecule has 70 valence electrons. The molecule has 0 radical (unpaired) electrons. The first-order valence-corrected chi connectivity index (χ1v) is 4.66. The van der Waals surface area contributed by atoms with Crippen molar-refractivity contribution in [2.24, 2.45) is 0 Å². The predicted octanol–water partition coefficient (Wildman–Crippen LogP) is 2.17. The predicted molar refractivity (Wildman–Crippen MR) is 49.1 cm³/mol. The summed E-state index contributed by atoms with van der Waals surface area (Å²) in [6, 6.07) is 0. The molecule has 1 unspecified atom stereocenters. The van der Waals surface area contributed by atoms with Crippen molar-refractivity contribution < 1.29 is 9.90 Å². The molecule has 2 N–H and O–H groups in total. The summed E-state index contributed by atoms with van der Waals surface area (Å²) in [5, 5.41) is 9.54. The third-order valence-corrected chi connectivity index (χ3v) is 2.90. The summed E-state index contributed by atoms with van der Waals surface area (Å²) in [6.07, 6.45) is 4.23. The number of carboxylic acids is 1. The molecule has 1 aromatic heterocycles. The number of aromatic nitrogens is 1. The number of carboxylic acid groups (broad SMARTS) is 1. The Balaban J connectivity index is 2.43. The zero-order valence-electron chi connectivity index (χ0n) is 7.01. The van der Waals surface area contributed by atoms with Gasteiger partial charge < -0.3 is 10.1 Å². The van der Waals surface area contributed by atoms with Crippen molar-refractivity contribution in [3.8, 4) is 0 Å². The number of nitrogens with one attached hydrogen (secondary N) is 1. The van der Waals surface area contributed by atoms with Gasteiger partial charge in [-0.05, 0) is 30.4 Å². The van der Waals surface area contributed by atoms with E-state index < -0.39 is 5.97 Å². The van der Waals surface area contributed by atoms with Crippen LogP contribution in [0.4, 0.5) is 0 Å². The van der Waals surface area contributed by atoms with Crippen molar-refractivity contribution in [3.63, 3.8) is 0 Å². The van der Waals surface area contributed by atoms with Crippen molar-refractivity contribution in [1.82, 2.24) is 4.98 Å². The van der Waals surface area contributed by atoms with E-state index in [4.69, 9.17) is 16.7 Å². The van der Waals surface area contributed by atoms with E-state index in [2.05, 4.69) is 4.98 Å². The fourth-order valence-corrected chi connectivity index (χ4v) is 2.16. The molecule has 1 heterocycles. The number of aliphatic carboxylic acids is 1. The molecule has 0 saturated carbocycles. The Labute approximate surface area is 80.7 Å². The van der Waals surface area contributed by atoms with E-state index in [1.54, 1.807) is 6.20 Å². The second kappa shape index (κ2) is 3.07. The molecule has 1 aromatic rings. The van der Waals surface area contributed by atoms with Crippen LogP contribution in [0.1, 0.15) is 29.9 Å². The van der Waals surface area contributed by atoms with Gasteiger partial charge in [0.05, 0.1) is 5.92 Å². The fourth-order valence-electron chi connectivity index (χ4n) is 1.90. The molecule has 0 aliphatic heterocycles. The van der Waals surface area contributed by atoms with Gasteiger partial charge in [-0.15, -0.1) is 0 Å². The van der Waals surface area contributed by atoms with Gasteiger partial charge in [0.15, 0.2) is 0 Å². The molecule has 0 aromatic carbocycles. The molecule has 0 spiro atoms. The van der Waals surface area contributed by atoms with Gasteiger partial charge >= 0.3 is 5.97 Å². The van der Waals surface area contributed by atoms with Crippen LogP contribution >= 0.6 is 11.6 Å². The molecule has 0 saturated heterocycles. The summed E-state index contributed by atoms with van der Waals surface area (Å²) < 4.78 is 0. The lowest BCUT2D eigenvalue weighted by atomic mass is 9.86. The molecule has 2 rings (SSSR count). The zero-order chi connectivity index (χ0) is 9.42. The number of fused-ring (bicyclic) bond motifs is 1. The van der Waals surface area contributed by atoms with E-state index >= 15 is 0 Å². The van der Waals surface area contributed by atoms with Crippen LogP contribution in [0, 0.1) is 0 Å². The van der Waals surface area contributed by atoms with Crippen LogP contribution in [0.15, 0.2) is 6.20 Å². The molecule has 0 fully saturated rings. The van der Waals surface area contributed by atoms with Gasteiger partial charge in [-0.3, -0.25) is 4.79 Å². The topological polar surface area (TPSA) is 53.1 Å². The van der Waals surface area contributed by atoms with Gasteiger partial charge in [0.25, 0.3) is 0 Å². The Morgan fingerprint density at radius 2 is 2.46 bits per heavy atom. The first kappa shape index (κ1) is 8.63. The third-order valence-electron chi connectivity index (χ3n) is 2.56. The number of aromatic amines is 1. The largest absolute Gasteiger partial charge is 0.481 e. The monoisotopic (exact) mass is 199 g/mol. The van der Waals surface area contributed by atoms with Gasteiger partial charge in [-0.2, -0.15) is 0 Å². The van der Waals surface area contributed by atoms with E-state index in [0.717, 1.165) is 30.4 Å². The number of carbonyl (C=O) groups is 1. The zero-order valence-corrected chi connectivity index (χ0v) is 7.77. The standard InChI is InChI=1S/C9H10ClNO2/c10-8-5-2-1-3-6(9(12)13)7(5)4-11-8/h4,6,11H,1-3H2,(H,12,13).